The molecule has 31 heavy (non-hydrogen) atoms. The van der Waals surface area contributed by atoms with Crippen LogP contribution in [0.15, 0.2) is 46.6 Å². The first-order valence-electron chi connectivity index (χ1n) is 13.6. The van der Waals surface area contributed by atoms with Crippen molar-refractivity contribution in [3.05, 3.63) is 46.6 Å². The van der Waals surface area contributed by atoms with Gasteiger partial charge in [0.15, 0.2) is 0 Å². The maximum Gasteiger partial charge on any atom is -0.0116 e. The Morgan fingerprint density at radius 1 is 0.677 bits per heavy atom. The maximum absolute atomic E-state index is 2.51. The minimum atomic E-state index is 0.395. The molecule has 0 saturated heterocycles. The van der Waals surface area contributed by atoms with Gasteiger partial charge in [-0.2, -0.15) is 0 Å². The minimum Gasteiger partial charge on any atom is -0.0654 e. The zero-order valence-corrected chi connectivity index (χ0v) is 22.1. The maximum atomic E-state index is 2.51. The van der Waals surface area contributed by atoms with Crippen LogP contribution in [-0.4, -0.2) is 0 Å². The highest BCUT2D eigenvalue weighted by Crippen LogP contribution is 2.45. The summed E-state index contributed by atoms with van der Waals surface area (Å²) in [5.74, 6) is 0.824. The van der Waals surface area contributed by atoms with Gasteiger partial charge in [0.1, 0.15) is 0 Å². The highest BCUT2D eigenvalue weighted by molar-refractivity contribution is 5.44. The summed E-state index contributed by atoms with van der Waals surface area (Å²) in [7, 11) is 0. The van der Waals surface area contributed by atoms with E-state index in [0.29, 0.717) is 10.8 Å². The SMILES string of the molecule is CCCCCC(C)(CC)C1=CC=C(C2=CC=C(C(C)(CC)CCCC(C)C)CC2)CC1. The number of hydrogen-bond donors (Lipinski definition) is 0. The normalized spacial score (nSPS) is 21.0. The molecule has 176 valence electrons. The molecule has 0 aliphatic heterocycles. The Morgan fingerprint density at radius 3 is 1.52 bits per heavy atom. The molecule has 0 heterocycles. The van der Waals surface area contributed by atoms with Gasteiger partial charge in [0.2, 0.25) is 0 Å². The van der Waals surface area contributed by atoms with Crippen LogP contribution in [0.5, 0.6) is 0 Å². The van der Waals surface area contributed by atoms with Gasteiger partial charge in [-0.25, -0.2) is 0 Å². The third-order valence-corrected chi connectivity index (χ3v) is 8.66. The van der Waals surface area contributed by atoms with Gasteiger partial charge in [0.25, 0.3) is 0 Å². The van der Waals surface area contributed by atoms with E-state index in [1.54, 1.807) is 22.3 Å². The zero-order valence-electron chi connectivity index (χ0n) is 22.1. The second-order valence-electron chi connectivity index (χ2n) is 11.3. The molecule has 2 rings (SSSR count). The number of unbranched alkanes of at least 4 members (excludes halogenated alkanes) is 2. The van der Waals surface area contributed by atoms with E-state index in [4.69, 9.17) is 0 Å². The van der Waals surface area contributed by atoms with Crippen molar-refractivity contribution in [3.8, 4) is 0 Å². The van der Waals surface area contributed by atoms with Crippen molar-refractivity contribution in [2.45, 2.75) is 132 Å². The van der Waals surface area contributed by atoms with E-state index in [2.05, 4.69) is 72.8 Å². The molecule has 2 aliphatic rings. The van der Waals surface area contributed by atoms with Crippen LogP contribution in [0, 0.1) is 16.7 Å². The van der Waals surface area contributed by atoms with Gasteiger partial charge >= 0.3 is 0 Å². The van der Waals surface area contributed by atoms with Crippen molar-refractivity contribution in [1.29, 1.82) is 0 Å². The van der Waals surface area contributed by atoms with Crippen molar-refractivity contribution < 1.29 is 0 Å². The zero-order chi connectivity index (χ0) is 22.9. The van der Waals surface area contributed by atoms with Crippen LogP contribution in [0.4, 0.5) is 0 Å². The van der Waals surface area contributed by atoms with Crippen LogP contribution in [0.25, 0.3) is 0 Å². The summed E-state index contributed by atoms with van der Waals surface area (Å²) in [5.41, 5.74) is 7.40. The van der Waals surface area contributed by atoms with Crippen LogP contribution in [-0.2, 0) is 0 Å². The van der Waals surface area contributed by atoms with Crippen molar-refractivity contribution >= 4 is 0 Å². The Morgan fingerprint density at radius 2 is 1.16 bits per heavy atom. The third-order valence-electron chi connectivity index (χ3n) is 8.66. The van der Waals surface area contributed by atoms with Crippen LogP contribution >= 0.6 is 0 Å². The van der Waals surface area contributed by atoms with Crippen LogP contribution < -0.4 is 0 Å². The molecule has 2 atom stereocenters. The largest absolute Gasteiger partial charge is 0.0654 e. The van der Waals surface area contributed by atoms with Gasteiger partial charge in [-0.15, -0.1) is 0 Å². The van der Waals surface area contributed by atoms with Gasteiger partial charge in [-0.1, -0.05) is 116 Å². The first kappa shape index (κ1) is 26.2. The molecule has 0 nitrogen and oxygen atoms in total. The molecule has 0 bridgehead atoms. The smallest absolute Gasteiger partial charge is 0.0116 e. The summed E-state index contributed by atoms with van der Waals surface area (Å²) in [6, 6.07) is 0. The Hall–Kier alpha value is -1.04. The fraction of sp³-hybridized carbons (Fsp3) is 0.742. The van der Waals surface area contributed by atoms with E-state index in [9.17, 15) is 0 Å². The van der Waals surface area contributed by atoms with Crippen molar-refractivity contribution in [2.75, 3.05) is 0 Å². The summed E-state index contributed by atoms with van der Waals surface area (Å²) >= 11 is 0. The summed E-state index contributed by atoms with van der Waals surface area (Å²) in [6.45, 7) is 16.8. The van der Waals surface area contributed by atoms with E-state index >= 15 is 0 Å². The summed E-state index contributed by atoms with van der Waals surface area (Å²) in [6.07, 6.45) is 27.0. The van der Waals surface area contributed by atoms with Gasteiger partial charge in [-0.3, -0.25) is 0 Å². The Kier molecular flexibility index (Phi) is 10.4. The van der Waals surface area contributed by atoms with Crippen molar-refractivity contribution in [3.63, 3.8) is 0 Å². The summed E-state index contributed by atoms with van der Waals surface area (Å²) in [4.78, 5) is 0. The molecule has 0 N–H and O–H groups in total. The predicted molar refractivity (Wildman–Crippen MR) is 140 cm³/mol. The summed E-state index contributed by atoms with van der Waals surface area (Å²) in [5, 5.41) is 0. The second kappa shape index (κ2) is 12.3. The van der Waals surface area contributed by atoms with Crippen molar-refractivity contribution in [1.82, 2.24) is 0 Å². The van der Waals surface area contributed by atoms with Gasteiger partial charge in [0, 0.05) is 0 Å². The topological polar surface area (TPSA) is 0 Å². The van der Waals surface area contributed by atoms with E-state index in [0.717, 1.165) is 5.92 Å². The molecule has 0 radical (unpaired) electrons. The molecule has 0 aromatic rings. The van der Waals surface area contributed by atoms with E-state index in [-0.39, 0.29) is 0 Å². The average molecular weight is 425 g/mol. The summed E-state index contributed by atoms with van der Waals surface area (Å²) < 4.78 is 0. The van der Waals surface area contributed by atoms with E-state index in [1.165, 1.54) is 83.5 Å². The number of hydrogen-bond acceptors (Lipinski definition) is 0. The molecule has 2 aliphatic carbocycles. The Bertz CT molecular complexity index is 683. The molecule has 2 unspecified atom stereocenters. The molecular formula is C31H52. The lowest BCUT2D eigenvalue weighted by Crippen LogP contribution is -2.21. The molecule has 0 fully saturated rings. The van der Waals surface area contributed by atoms with Gasteiger partial charge < -0.3 is 0 Å². The van der Waals surface area contributed by atoms with E-state index < -0.39 is 0 Å². The third kappa shape index (κ3) is 7.23. The first-order valence-corrected chi connectivity index (χ1v) is 13.6. The van der Waals surface area contributed by atoms with E-state index in [1.807, 2.05) is 0 Å². The lowest BCUT2D eigenvalue weighted by atomic mass is 9.70. The molecule has 0 aromatic carbocycles. The van der Waals surface area contributed by atoms with Gasteiger partial charge in [-0.05, 0) is 79.3 Å². The van der Waals surface area contributed by atoms with Crippen LogP contribution in [0.1, 0.15) is 132 Å². The number of rotatable bonds is 13. The predicted octanol–water partition coefficient (Wildman–Crippen LogP) is 10.5. The highest BCUT2D eigenvalue weighted by atomic mass is 14.3. The first-order chi connectivity index (χ1) is 14.8. The molecule has 0 saturated carbocycles. The quantitative estimate of drug-likeness (QED) is 0.258. The Balaban J connectivity index is 2.08. The fourth-order valence-corrected chi connectivity index (χ4v) is 5.61. The lowest BCUT2D eigenvalue weighted by molar-refractivity contribution is 0.316. The monoisotopic (exact) mass is 424 g/mol. The highest BCUT2D eigenvalue weighted by Gasteiger charge is 2.30. The van der Waals surface area contributed by atoms with Crippen LogP contribution in [0.3, 0.4) is 0 Å². The molecule has 0 spiro atoms. The second-order valence-corrected chi connectivity index (χ2v) is 11.3. The van der Waals surface area contributed by atoms with Crippen molar-refractivity contribution in [2.24, 2.45) is 16.7 Å². The number of allylic oxidation sites excluding steroid dienone is 8. The standard InChI is InChI=1S/C31H52/c1-8-11-12-23-30(6,9-2)28-19-15-26(16-20-28)27-17-21-29(22-18-27)31(7,10-3)24-13-14-25(4)5/h15,17,19,21,25H,8-14,16,18,20,22-24H2,1-7H3. The molecule has 0 aromatic heterocycles. The molecule has 0 heteroatoms. The average Bonchev–Trinajstić information content (AvgIpc) is 2.79. The lowest BCUT2D eigenvalue weighted by Gasteiger charge is -2.35. The fourth-order valence-electron chi connectivity index (χ4n) is 5.61. The molecular weight excluding hydrogens is 372 g/mol. The van der Waals surface area contributed by atoms with Gasteiger partial charge in [0.05, 0.1) is 0 Å². The Labute approximate surface area is 195 Å². The van der Waals surface area contributed by atoms with Crippen LogP contribution in [0.2, 0.25) is 0 Å². The molecule has 0 amide bonds. The minimum absolute atomic E-state index is 0.395.